The fourth-order valence-corrected chi connectivity index (χ4v) is 3.00. The summed E-state index contributed by atoms with van der Waals surface area (Å²) in [6.45, 7) is 8.04. The minimum absolute atomic E-state index is 0.465. The van der Waals surface area contributed by atoms with Gasteiger partial charge in [-0.15, -0.1) is 0 Å². The van der Waals surface area contributed by atoms with Gasteiger partial charge in [0.25, 0.3) is 0 Å². The molecule has 0 fully saturated rings. The van der Waals surface area contributed by atoms with Crippen LogP contribution < -0.4 is 0 Å². The van der Waals surface area contributed by atoms with Gasteiger partial charge in [0.05, 0.1) is 5.92 Å². The van der Waals surface area contributed by atoms with Gasteiger partial charge in [0.1, 0.15) is 0 Å². The molecule has 0 bridgehead atoms. The minimum Gasteiger partial charge on any atom is -0.405 e. The van der Waals surface area contributed by atoms with E-state index in [0.29, 0.717) is 5.75 Å². The van der Waals surface area contributed by atoms with Gasteiger partial charge < -0.3 is 4.43 Å². The van der Waals surface area contributed by atoms with Crippen LogP contribution in [-0.2, 0) is 9.22 Å². The van der Waals surface area contributed by atoms with Crippen LogP contribution in [0, 0.1) is 5.92 Å². The van der Waals surface area contributed by atoms with Crippen molar-refractivity contribution in [2.75, 3.05) is 5.75 Å². The molecule has 7 heteroatoms. The smallest absolute Gasteiger partial charge is 0.405 e. The fourth-order valence-electron chi connectivity index (χ4n) is 1.23. The topological polar surface area (TPSA) is 26.3 Å². The van der Waals surface area contributed by atoms with Gasteiger partial charge in [0.15, 0.2) is 19.5 Å². The highest BCUT2D eigenvalue weighted by Crippen LogP contribution is 2.33. The van der Waals surface area contributed by atoms with Gasteiger partial charge in [0.2, 0.25) is 0 Å². The van der Waals surface area contributed by atoms with Gasteiger partial charge in [-0.2, -0.15) is 13.2 Å². The van der Waals surface area contributed by atoms with Crippen molar-refractivity contribution in [3.63, 3.8) is 0 Å². The first-order valence-electron chi connectivity index (χ1n) is 5.40. The van der Waals surface area contributed by atoms with E-state index in [0.717, 1.165) is 11.8 Å². The first-order chi connectivity index (χ1) is 7.49. The van der Waals surface area contributed by atoms with Crippen molar-refractivity contribution >= 4 is 25.2 Å². The number of hydrogen-bond acceptors (Lipinski definition) is 3. The van der Waals surface area contributed by atoms with E-state index >= 15 is 0 Å². The van der Waals surface area contributed by atoms with Gasteiger partial charge in [-0.05, 0) is 25.4 Å². The van der Waals surface area contributed by atoms with E-state index in [4.69, 9.17) is 4.43 Å². The first kappa shape index (κ1) is 17.0. The van der Waals surface area contributed by atoms with E-state index in [9.17, 15) is 18.0 Å². The van der Waals surface area contributed by atoms with Crippen LogP contribution in [0.15, 0.2) is 0 Å². The van der Waals surface area contributed by atoms with Gasteiger partial charge >= 0.3 is 6.18 Å². The Bertz CT molecular complexity index is 263. The zero-order valence-electron chi connectivity index (χ0n) is 10.7. The number of alkyl halides is 3. The molecule has 0 aromatic rings. The van der Waals surface area contributed by atoms with Crippen LogP contribution in [-0.4, -0.2) is 31.5 Å². The Balaban J connectivity index is 4.88. The number of carbonyl (C=O) groups excluding carboxylic acids is 1. The zero-order valence-corrected chi connectivity index (χ0v) is 12.5. The van der Waals surface area contributed by atoms with Crippen LogP contribution in [0.25, 0.3) is 0 Å². The Labute approximate surface area is 105 Å². The second-order valence-corrected chi connectivity index (χ2v) is 10.5. The average molecular weight is 288 g/mol. The second kappa shape index (κ2) is 6.24. The number of rotatable bonds is 5. The van der Waals surface area contributed by atoms with Gasteiger partial charge in [-0.3, -0.25) is 4.79 Å². The van der Waals surface area contributed by atoms with Crippen molar-refractivity contribution in [3.05, 3.63) is 0 Å². The van der Waals surface area contributed by atoms with Crippen LogP contribution in [0.4, 0.5) is 13.2 Å². The van der Waals surface area contributed by atoms with E-state index in [1.54, 1.807) is 26.6 Å². The van der Waals surface area contributed by atoms with E-state index in [2.05, 4.69) is 0 Å². The summed E-state index contributed by atoms with van der Waals surface area (Å²) in [6, 6.07) is 0. The SMILES string of the molecule is CCSC(=O)[C@H](C)[C@@H](O[Si](C)(C)C)C(F)(F)F. The lowest BCUT2D eigenvalue weighted by Gasteiger charge is -2.31. The molecule has 0 spiro atoms. The molecule has 2 atom stereocenters. The third-order valence-corrected chi connectivity index (χ3v) is 3.82. The predicted octanol–water partition coefficient (Wildman–Crippen LogP) is 3.68. The lowest BCUT2D eigenvalue weighted by Crippen LogP contribution is -2.46. The molecule has 102 valence electrons. The number of hydrogen-bond donors (Lipinski definition) is 0. The average Bonchev–Trinajstić information content (AvgIpc) is 2.10. The minimum atomic E-state index is -4.50. The largest absolute Gasteiger partial charge is 0.414 e. The van der Waals surface area contributed by atoms with E-state index in [1.165, 1.54) is 6.92 Å². The Hall–Kier alpha value is -0.0131. The van der Waals surface area contributed by atoms with Gasteiger partial charge in [-0.25, -0.2) is 0 Å². The Morgan fingerprint density at radius 3 is 2.12 bits per heavy atom. The van der Waals surface area contributed by atoms with Crippen molar-refractivity contribution in [2.24, 2.45) is 5.92 Å². The van der Waals surface area contributed by atoms with Crippen molar-refractivity contribution in [1.29, 1.82) is 0 Å². The molecule has 0 heterocycles. The highest BCUT2D eigenvalue weighted by atomic mass is 32.2. The van der Waals surface area contributed by atoms with E-state index in [1.807, 2.05) is 0 Å². The third-order valence-electron chi connectivity index (χ3n) is 1.92. The van der Waals surface area contributed by atoms with Crippen LogP contribution in [0.2, 0.25) is 19.6 Å². The summed E-state index contributed by atoms with van der Waals surface area (Å²) in [4.78, 5) is 11.5. The summed E-state index contributed by atoms with van der Waals surface area (Å²) in [5.74, 6) is -0.688. The summed E-state index contributed by atoms with van der Waals surface area (Å²) < 4.78 is 43.6. The molecule has 2 nitrogen and oxygen atoms in total. The molecule has 0 saturated carbocycles. The predicted molar refractivity (Wildman–Crippen MR) is 66.6 cm³/mol. The summed E-state index contributed by atoms with van der Waals surface area (Å²) in [5, 5.41) is -0.465. The number of thioether (sulfide) groups is 1. The molecule has 0 radical (unpaired) electrons. The van der Waals surface area contributed by atoms with Gasteiger partial charge in [-0.1, -0.05) is 25.6 Å². The van der Waals surface area contributed by atoms with Crippen LogP contribution >= 0.6 is 11.8 Å². The zero-order chi connectivity index (χ0) is 13.9. The van der Waals surface area contributed by atoms with Crippen molar-refractivity contribution in [2.45, 2.75) is 45.8 Å². The molecule has 0 unspecified atom stereocenters. The molecule has 0 rings (SSSR count). The Morgan fingerprint density at radius 2 is 1.82 bits per heavy atom. The van der Waals surface area contributed by atoms with Gasteiger partial charge in [0, 0.05) is 0 Å². The molecule has 0 aromatic carbocycles. The monoisotopic (exact) mass is 288 g/mol. The molecular formula is C10H19F3O2SSi. The quantitative estimate of drug-likeness (QED) is 0.722. The molecule has 0 N–H and O–H groups in total. The molecule has 17 heavy (non-hydrogen) atoms. The molecule has 0 aliphatic carbocycles. The van der Waals surface area contributed by atoms with Crippen LogP contribution in [0.1, 0.15) is 13.8 Å². The third kappa shape index (κ3) is 6.47. The maximum atomic E-state index is 12.8. The lowest BCUT2D eigenvalue weighted by atomic mass is 10.1. The standard InChI is InChI=1S/C10H19F3O2SSi/c1-6-16-9(14)7(2)8(10(11,12)13)15-17(3,4)5/h7-8H,6H2,1-5H3/t7-,8-/m1/s1. The van der Waals surface area contributed by atoms with Crippen LogP contribution in [0.3, 0.4) is 0 Å². The normalized spacial score (nSPS) is 16.7. The van der Waals surface area contributed by atoms with Crippen molar-refractivity contribution in [3.8, 4) is 0 Å². The van der Waals surface area contributed by atoms with Crippen molar-refractivity contribution in [1.82, 2.24) is 0 Å². The maximum absolute atomic E-state index is 12.8. The molecule has 0 aliphatic rings. The van der Waals surface area contributed by atoms with E-state index < -0.39 is 31.6 Å². The molecule has 0 aliphatic heterocycles. The second-order valence-electron chi connectivity index (χ2n) is 4.73. The summed E-state index contributed by atoms with van der Waals surface area (Å²) >= 11 is 0.906. The molecule has 0 aromatic heterocycles. The first-order valence-corrected chi connectivity index (χ1v) is 9.79. The molecular weight excluding hydrogens is 269 g/mol. The van der Waals surface area contributed by atoms with Crippen LogP contribution in [0.5, 0.6) is 0 Å². The Morgan fingerprint density at radius 1 is 1.35 bits per heavy atom. The lowest BCUT2D eigenvalue weighted by molar-refractivity contribution is -0.209. The maximum Gasteiger partial charge on any atom is 0.414 e. The summed E-state index contributed by atoms with van der Waals surface area (Å²) in [6.07, 6.45) is -6.48. The summed E-state index contributed by atoms with van der Waals surface area (Å²) in [5.41, 5.74) is 0. The van der Waals surface area contributed by atoms with E-state index in [-0.39, 0.29) is 0 Å². The fraction of sp³-hybridized carbons (Fsp3) is 0.900. The summed E-state index contributed by atoms with van der Waals surface area (Å²) in [7, 11) is -2.34. The molecule has 0 amide bonds. The molecule has 0 saturated heterocycles. The number of carbonyl (C=O) groups is 1. The number of halogens is 3. The highest BCUT2D eigenvalue weighted by molar-refractivity contribution is 8.13. The Kier molecular flexibility index (Phi) is 6.24. The van der Waals surface area contributed by atoms with Crippen molar-refractivity contribution < 1.29 is 22.4 Å². The highest BCUT2D eigenvalue weighted by Gasteiger charge is 2.48.